The Hall–Kier alpha value is -1.26. The molecule has 0 spiro atoms. The summed E-state index contributed by atoms with van der Waals surface area (Å²) in [5.74, 6) is -2.04. The molecular formula is C16H21BrF2N2O4S. The van der Waals surface area contributed by atoms with Gasteiger partial charge < -0.3 is 10.1 Å². The standard InChI is InChI=1S/C16H21BrF2N2O4S/c1-16(2,3)25-15(22)20-10-5-4-6-21(9-10)26(23,24)14-7-11(17)12(18)8-13(14)19/h7-8,10H,4-6,9H2,1-3H3,(H,20,22). The highest BCUT2D eigenvalue weighted by Gasteiger charge is 2.33. The Morgan fingerprint density at radius 1 is 1.31 bits per heavy atom. The summed E-state index contributed by atoms with van der Waals surface area (Å²) in [7, 11) is -4.17. The summed E-state index contributed by atoms with van der Waals surface area (Å²) in [6.45, 7) is 5.33. The summed E-state index contributed by atoms with van der Waals surface area (Å²) < 4.78 is 59.0. The van der Waals surface area contributed by atoms with E-state index < -0.39 is 44.3 Å². The number of piperidine rings is 1. The van der Waals surface area contributed by atoms with Crippen LogP contribution in [0.25, 0.3) is 0 Å². The summed E-state index contributed by atoms with van der Waals surface area (Å²) in [5.41, 5.74) is -0.673. The summed E-state index contributed by atoms with van der Waals surface area (Å²) in [5, 5.41) is 2.63. The van der Waals surface area contributed by atoms with Crippen LogP contribution in [0.5, 0.6) is 0 Å². The Kier molecular flexibility index (Phi) is 6.29. The molecule has 1 aromatic carbocycles. The van der Waals surface area contributed by atoms with Crippen LogP contribution < -0.4 is 5.32 Å². The summed E-state index contributed by atoms with van der Waals surface area (Å²) in [6, 6.07) is 0.975. The van der Waals surface area contributed by atoms with Crippen molar-refractivity contribution in [2.24, 2.45) is 0 Å². The van der Waals surface area contributed by atoms with Gasteiger partial charge in [0.15, 0.2) is 0 Å². The maximum Gasteiger partial charge on any atom is 0.407 e. The average Bonchev–Trinajstić information content (AvgIpc) is 2.49. The number of ether oxygens (including phenoxy) is 1. The molecular weight excluding hydrogens is 434 g/mol. The van der Waals surface area contributed by atoms with E-state index in [-0.39, 0.29) is 17.6 Å². The monoisotopic (exact) mass is 454 g/mol. The molecule has 1 heterocycles. The van der Waals surface area contributed by atoms with Gasteiger partial charge in [0.05, 0.1) is 4.47 Å². The number of hydrogen-bond donors (Lipinski definition) is 1. The minimum atomic E-state index is -4.17. The maximum absolute atomic E-state index is 14.0. The molecule has 0 bridgehead atoms. The van der Waals surface area contributed by atoms with Gasteiger partial charge in [0.25, 0.3) is 0 Å². The molecule has 1 aliphatic heterocycles. The second-order valence-electron chi connectivity index (χ2n) is 7.05. The maximum atomic E-state index is 14.0. The number of nitrogens with one attached hydrogen (secondary N) is 1. The van der Waals surface area contributed by atoms with Gasteiger partial charge in [-0.2, -0.15) is 4.31 Å². The largest absolute Gasteiger partial charge is 0.444 e. The predicted octanol–water partition coefficient (Wildman–Crippen LogP) is 3.41. The van der Waals surface area contributed by atoms with Gasteiger partial charge in [0.1, 0.15) is 22.1 Å². The number of rotatable bonds is 3. The van der Waals surface area contributed by atoms with E-state index in [2.05, 4.69) is 21.2 Å². The normalized spacial score (nSPS) is 19.2. The second kappa shape index (κ2) is 7.77. The van der Waals surface area contributed by atoms with E-state index in [1.165, 1.54) is 0 Å². The van der Waals surface area contributed by atoms with Gasteiger partial charge >= 0.3 is 6.09 Å². The van der Waals surface area contributed by atoms with Crippen molar-refractivity contribution in [2.75, 3.05) is 13.1 Å². The molecule has 6 nitrogen and oxygen atoms in total. The van der Waals surface area contributed by atoms with Gasteiger partial charge in [0, 0.05) is 25.2 Å². The zero-order valence-electron chi connectivity index (χ0n) is 14.7. The predicted molar refractivity (Wildman–Crippen MR) is 95.2 cm³/mol. The van der Waals surface area contributed by atoms with Crippen LogP contribution >= 0.6 is 15.9 Å². The van der Waals surface area contributed by atoms with Crippen LogP contribution in [0.4, 0.5) is 13.6 Å². The Labute approximate surface area is 160 Å². The van der Waals surface area contributed by atoms with Crippen LogP contribution in [-0.4, -0.2) is 43.5 Å². The number of halogens is 3. The number of carbonyl (C=O) groups excluding carboxylic acids is 1. The Bertz CT molecular complexity index is 796. The Balaban J connectivity index is 2.16. The van der Waals surface area contributed by atoms with E-state index in [0.717, 1.165) is 10.4 Å². The first-order chi connectivity index (χ1) is 11.9. The molecule has 0 radical (unpaired) electrons. The fourth-order valence-electron chi connectivity index (χ4n) is 2.59. The molecule has 26 heavy (non-hydrogen) atoms. The number of hydrogen-bond acceptors (Lipinski definition) is 4. The smallest absolute Gasteiger partial charge is 0.407 e. The van der Waals surface area contributed by atoms with Crippen molar-refractivity contribution in [3.63, 3.8) is 0 Å². The van der Waals surface area contributed by atoms with Gasteiger partial charge in [-0.25, -0.2) is 22.0 Å². The summed E-state index contributed by atoms with van der Waals surface area (Å²) in [4.78, 5) is 11.3. The van der Waals surface area contributed by atoms with Crippen molar-refractivity contribution < 1.29 is 26.7 Å². The number of alkyl carbamates (subject to hydrolysis) is 1. The van der Waals surface area contributed by atoms with E-state index in [1.54, 1.807) is 20.8 Å². The van der Waals surface area contributed by atoms with Gasteiger partial charge in [-0.15, -0.1) is 0 Å². The highest BCUT2D eigenvalue weighted by molar-refractivity contribution is 9.10. The van der Waals surface area contributed by atoms with E-state index in [4.69, 9.17) is 4.74 Å². The fourth-order valence-corrected chi connectivity index (χ4v) is 4.68. The minimum absolute atomic E-state index is 0.0178. The summed E-state index contributed by atoms with van der Waals surface area (Å²) in [6.07, 6.45) is 0.419. The molecule has 1 saturated heterocycles. The third-order valence-corrected chi connectivity index (χ3v) is 6.19. The van der Waals surface area contributed by atoms with Crippen LogP contribution in [0.3, 0.4) is 0 Å². The molecule has 1 fully saturated rings. The lowest BCUT2D eigenvalue weighted by molar-refractivity contribution is 0.0487. The molecule has 2 rings (SSSR count). The van der Waals surface area contributed by atoms with Crippen molar-refractivity contribution >= 4 is 32.0 Å². The topological polar surface area (TPSA) is 75.7 Å². The molecule has 1 amide bonds. The second-order valence-corrected chi connectivity index (χ2v) is 9.81. The van der Waals surface area contributed by atoms with Crippen molar-refractivity contribution in [2.45, 2.75) is 50.2 Å². The quantitative estimate of drug-likeness (QED) is 0.709. The minimum Gasteiger partial charge on any atom is -0.444 e. The molecule has 0 aromatic heterocycles. The third-order valence-electron chi connectivity index (χ3n) is 3.70. The average molecular weight is 455 g/mol. The summed E-state index contributed by atoms with van der Waals surface area (Å²) >= 11 is 2.87. The van der Waals surface area contributed by atoms with Crippen molar-refractivity contribution in [1.82, 2.24) is 9.62 Å². The van der Waals surface area contributed by atoms with Crippen molar-refractivity contribution in [3.05, 3.63) is 28.2 Å². The molecule has 1 unspecified atom stereocenters. The van der Waals surface area contributed by atoms with Gasteiger partial charge in [-0.1, -0.05) is 0 Å². The third kappa shape index (κ3) is 5.14. The number of sulfonamides is 1. The zero-order chi connectivity index (χ0) is 19.7. The van der Waals surface area contributed by atoms with Crippen LogP contribution in [-0.2, 0) is 14.8 Å². The van der Waals surface area contributed by atoms with Crippen LogP contribution in [0, 0.1) is 11.6 Å². The highest BCUT2D eigenvalue weighted by Crippen LogP contribution is 2.27. The van der Waals surface area contributed by atoms with Crippen molar-refractivity contribution in [3.8, 4) is 0 Å². The molecule has 0 saturated carbocycles. The molecule has 0 aliphatic carbocycles. The first kappa shape index (κ1) is 21.0. The van der Waals surface area contributed by atoms with Crippen LogP contribution in [0.1, 0.15) is 33.6 Å². The number of benzene rings is 1. The van der Waals surface area contributed by atoms with Crippen LogP contribution in [0.15, 0.2) is 21.5 Å². The lowest BCUT2D eigenvalue weighted by atomic mass is 10.1. The fraction of sp³-hybridized carbons (Fsp3) is 0.562. The van der Waals surface area contributed by atoms with E-state index in [9.17, 15) is 22.0 Å². The van der Waals surface area contributed by atoms with Gasteiger partial charge in [-0.05, 0) is 55.6 Å². The lowest BCUT2D eigenvalue weighted by Crippen LogP contribution is -2.50. The Morgan fingerprint density at radius 2 is 1.96 bits per heavy atom. The zero-order valence-corrected chi connectivity index (χ0v) is 17.1. The van der Waals surface area contributed by atoms with E-state index in [1.807, 2.05) is 0 Å². The molecule has 1 N–H and O–H groups in total. The van der Waals surface area contributed by atoms with E-state index in [0.29, 0.717) is 18.9 Å². The SMILES string of the molecule is CC(C)(C)OC(=O)NC1CCCN(S(=O)(=O)c2cc(Br)c(F)cc2F)C1. The van der Waals surface area contributed by atoms with Gasteiger partial charge in [0.2, 0.25) is 10.0 Å². The highest BCUT2D eigenvalue weighted by atomic mass is 79.9. The first-order valence-electron chi connectivity index (χ1n) is 8.04. The molecule has 1 aromatic rings. The van der Waals surface area contributed by atoms with E-state index >= 15 is 0 Å². The first-order valence-corrected chi connectivity index (χ1v) is 10.3. The number of carbonyl (C=O) groups is 1. The van der Waals surface area contributed by atoms with Gasteiger partial charge in [-0.3, -0.25) is 0 Å². The molecule has 146 valence electrons. The molecule has 10 heteroatoms. The molecule has 1 aliphatic rings. The Morgan fingerprint density at radius 3 is 2.58 bits per heavy atom. The number of nitrogens with zero attached hydrogens (tertiary/aromatic N) is 1. The number of amides is 1. The lowest BCUT2D eigenvalue weighted by Gasteiger charge is -2.33. The van der Waals surface area contributed by atoms with Crippen molar-refractivity contribution in [1.29, 1.82) is 0 Å². The van der Waals surface area contributed by atoms with Crippen LogP contribution in [0.2, 0.25) is 0 Å². The molecule has 1 atom stereocenters.